The highest BCUT2D eigenvalue weighted by Crippen LogP contribution is 2.31. The molecule has 2 amide bonds. The van der Waals surface area contributed by atoms with Gasteiger partial charge in [0.15, 0.2) is 0 Å². The normalized spacial score (nSPS) is 13.4. The summed E-state index contributed by atoms with van der Waals surface area (Å²) in [5, 5.41) is 4.92. The Hall–Kier alpha value is -2.05. The van der Waals surface area contributed by atoms with Gasteiger partial charge in [0.1, 0.15) is 6.04 Å². The lowest BCUT2D eigenvalue weighted by Gasteiger charge is -2.24. The van der Waals surface area contributed by atoms with Gasteiger partial charge in [0.25, 0.3) is 5.91 Å². The minimum atomic E-state index is -4.63. The lowest BCUT2D eigenvalue weighted by Crippen LogP contribution is -2.51. The van der Waals surface area contributed by atoms with Crippen LogP contribution in [-0.2, 0) is 11.0 Å². The molecule has 0 aliphatic heterocycles. The summed E-state index contributed by atoms with van der Waals surface area (Å²) < 4.78 is 38.6. The molecule has 0 radical (unpaired) electrons. The minimum absolute atomic E-state index is 0.467. The fourth-order valence-corrected chi connectivity index (χ4v) is 1.75. The maximum atomic E-state index is 12.9. The van der Waals surface area contributed by atoms with Crippen molar-refractivity contribution in [3.8, 4) is 0 Å². The molecule has 4 nitrogen and oxygen atoms in total. The van der Waals surface area contributed by atoms with E-state index in [1.54, 1.807) is 20.8 Å². The molecule has 0 aromatic heterocycles. The van der Waals surface area contributed by atoms with Crippen molar-refractivity contribution in [3.05, 3.63) is 35.4 Å². The SMILES string of the molecule is CC(NC(=O)c1ccccc1C(F)(F)F)C(=O)NC(C)(C)C. The molecule has 2 N–H and O–H groups in total. The number of carbonyl (C=O) groups excluding carboxylic acids is 2. The molecule has 0 saturated carbocycles. The van der Waals surface area contributed by atoms with E-state index in [0.717, 1.165) is 12.1 Å². The van der Waals surface area contributed by atoms with E-state index in [0.29, 0.717) is 0 Å². The van der Waals surface area contributed by atoms with Gasteiger partial charge in [-0.05, 0) is 39.8 Å². The van der Waals surface area contributed by atoms with Crippen molar-refractivity contribution in [2.45, 2.75) is 45.5 Å². The van der Waals surface area contributed by atoms with Gasteiger partial charge in [-0.15, -0.1) is 0 Å². The van der Waals surface area contributed by atoms with Gasteiger partial charge in [-0.2, -0.15) is 13.2 Å². The molecule has 122 valence electrons. The molecule has 0 spiro atoms. The number of amides is 2. The van der Waals surface area contributed by atoms with Crippen molar-refractivity contribution >= 4 is 11.8 Å². The molecule has 1 atom stereocenters. The minimum Gasteiger partial charge on any atom is -0.350 e. The first kappa shape index (κ1) is 18.0. The standard InChI is InChI=1S/C15H19F3N2O2/c1-9(12(21)20-14(2,3)4)19-13(22)10-7-5-6-8-11(10)15(16,17)18/h5-9H,1-4H3,(H,19,22)(H,20,21). The molecule has 1 rings (SSSR count). The van der Waals surface area contributed by atoms with E-state index in [-0.39, 0.29) is 0 Å². The zero-order valence-electron chi connectivity index (χ0n) is 12.8. The molecule has 1 aromatic carbocycles. The van der Waals surface area contributed by atoms with Gasteiger partial charge in [0.05, 0.1) is 11.1 Å². The molecule has 7 heteroatoms. The number of carbonyl (C=O) groups is 2. The van der Waals surface area contributed by atoms with Crippen molar-refractivity contribution in [1.29, 1.82) is 0 Å². The summed E-state index contributed by atoms with van der Waals surface area (Å²) in [5.74, 6) is -1.41. The Morgan fingerprint density at radius 1 is 1.09 bits per heavy atom. The van der Waals surface area contributed by atoms with Crippen molar-refractivity contribution in [3.63, 3.8) is 0 Å². The van der Waals surface area contributed by atoms with Crippen molar-refractivity contribution < 1.29 is 22.8 Å². The Labute approximate surface area is 127 Å². The van der Waals surface area contributed by atoms with E-state index in [9.17, 15) is 22.8 Å². The molecule has 0 fully saturated rings. The summed E-state index contributed by atoms with van der Waals surface area (Å²) in [6.45, 7) is 6.70. The van der Waals surface area contributed by atoms with Crippen LogP contribution in [0.15, 0.2) is 24.3 Å². The van der Waals surface area contributed by atoms with E-state index >= 15 is 0 Å². The molecule has 0 aliphatic rings. The van der Waals surface area contributed by atoms with Crippen molar-refractivity contribution in [2.75, 3.05) is 0 Å². The second-order valence-corrected chi connectivity index (χ2v) is 5.98. The van der Waals surface area contributed by atoms with Crippen molar-refractivity contribution in [2.24, 2.45) is 0 Å². The highest BCUT2D eigenvalue weighted by Gasteiger charge is 2.35. The van der Waals surface area contributed by atoms with Gasteiger partial charge in [-0.1, -0.05) is 12.1 Å². The topological polar surface area (TPSA) is 58.2 Å². The van der Waals surface area contributed by atoms with Gasteiger partial charge >= 0.3 is 6.18 Å². The zero-order valence-corrected chi connectivity index (χ0v) is 12.8. The molecule has 22 heavy (non-hydrogen) atoms. The van der Waals surface area contributed by atoms with Crippen molar-refractivity contribution in [1.82, 2.24) is 10.6 Å². The molecule has 0 heterocycles. The first-order valence-corrected chi connectivity index (χ1v) is 6.71. The van der Waals surface area contributed by atoms with Crippen LogP contribution in [0.1, 0.15) is 43.6 Å². The van der Waals surface area contributed by atoms with Crippen LogP contribution in [0.4, 0.5) is 13.2 Å². The number of hydrogen-bond acceptors (Lipinski definition) is 2. The number of hydrogen-bond donors (Lipinski definition) is 2. The van der Waals surface area contributed by atoms with Crippen LogP contribution in [0.5, 0.6) is 0 Å². The van der Waals surface area contributed by atoms with Gasteiger partial charge in [-0.25, -0.2) is 0 Å². The third kappa shape index (κ3) is 5.05. The number of halogens is 3. The fraction of sp³-hybridized carbons (Fsp3) is 0.467. The Bertz CT molecular complexity index is 563. The monoisotopic (exact) mass is 316 g/mol. The zero-order chi connectivity index (χ0) is 17.1. The average molecular weight is 316 g/mol. The van der Waals surface area contributed by atoms with E-state index in [2.05, 4.69) is 10.6 Å². The molecule has 0 aliphatic carbocycles. The third-order valence-electron chi connectivity index (χ3n) is 2.72. The van der Waals surface area contributed by atoms with E-state index in [1.165, 1.54) is 19.1 Å². The molecule has 1 aromatic rings. The molecular weight excluding hydrogens is 297 g/mol. The highest BCUT2D eigenvalue weighted by atomic mass is 19.4. The van der Waals surface area contributed by atoms with Gasteiger partial charge in [0, 0.05) is 5.54 Å². The van der Waals surface area contributed by atoms with Gasteiger partial charge < -0.3 is 10.6 Å². The van der Waals surface area contributed by atoms with Crippen LogP contribution in [0.3, 0.4) is 0 Å². The second kappa shape index (κ2) is 6.37. The molecular formula is C15H19F3N2O2. The van der Waals surface area contributed by atoms with Crippen LogP contribution in [0.2, 0.25) is 0 Å². The van der Waals surface area contributed by atoms with Gasteiger partial charge in [0.2, 0.25) is 5.91 Å². The Morgan fingerprint density at radius 3 is 2.14 bits per heavy atom. The van der Waals surface area contributed by atoms with Crippen LogP contribution >= 0.6 is 0 Å². The van der Waals surface area contributed by atoms with Crippen LogP contribution in [0, 0.1) is 0 Å². The Kier molecular flexibility index (Phi) is 5.22. The third-order valence-corrected chi connectivity index (χ3v) is 2.72. The summed E-state index contributed by atoms with van der Waals surface area (Å²) in [7, 11) is 0. The van der Waals surface area contributed by atoms with E-state index < -0.39 is 40.7 Å². The maximum absolute atomic E-state index is 12.9. The lowest BCUT2D eigenvalue weighted by molar-refractivity contribution is -0.137. The summed E-state index contributed by atoms with van der Waals surface area (Å²) in [6, 6.07) is 3.49. The number of benzene rings is 1. The number of alkyl halides is 3. The number of rotatable bonds is 3. The second-order valence-electron chi connectivity index (χ2n) is 5.98. The largest absolute Gasteiger partial charge is 0.417 e. The summed E-state index contributed by atoms with van der Waals surface area (Å²) in [4.78, 5) is 23.9. The average Bonchev–Trinajstić information content (AvgIpc) is 2.35. The lowest BCUT2D eigenvalue weighted by atomic mass is 10.1. The maximum Gasteiger partial charge on any atom is 0.417 e. The highest BCUT2D eigenvalue weighted by molar-refractivity contribution is 5.98. The summed E-state index contributed by atoms with van der Waals surface area (Å²) in [6.07, 6.45) is -4.63. The number of nitrogens with one attached hydrogen (secondary N) is 2. The fourth-order valence-electron chi connectivity index (χ4n) is 1.75. The first-order valence-electron chi connectivity index (χ1n) is 6.71. The van der Waals surface area contributed by atoms with E-state index in [4.69, 9.17) is 0 Å². The molecule has 1 unspecified atom stereocenters. The van der Waals surface area contributed by atoms with Crippen LogP contribution < -0.4 is 10.6 Å². The van der Waals surface area contributed by atoms with E-state index in [1.807, 2.05) is 0 Å². The summed E-state index contributed by atoms with van der Waals surface area (Å²) in [5.41, 5.74) is -2.04. The molecule has 0 bridgehead atoms. The first-order chi connectivity index (χ1) is 9.92. The predicted molar refractivity (Wildman–Crippen MR) is 76.3 cm³/mol. The summed E-state index contributed by atoms with van der Waals surface area (Å²) >= 11 is 0. The predicted octanol–water partition coefficient (Wildman–Crippen LogP) is 2.74. The Balaban J connectivity index is 2.89. The molecule has 0 saturated heterocycles. The smallest absolute Gasteiger partial charge is 0.350 e. The Morgan fingerprint density at radius 2 is 1.64 bits per heavy atom. The van der Waals surface area contributed by atoms with Crippen LogP contribution in [0.25, 0.3) is 0 Å². The quantitative estimate of drug-likeness (QED) is 0.901. The van der Waals surface area contributed by atoms with Gasteiger partial charge in [-0.3, -0.25) is 9.59 Å². The van der Waals surface area contributed by atoms with Crippen LogP contribution in [-0.4, -0.2) is 23.4 Å².